The molecule has 0 radical (unpaired) electrons. The van der Waals surface area contributed by atoms with E-state index in [2.05, 4.69) is 40.8 Å². The van der Waals surface area contributed by atoms with Crippen LogP contribution >= 0.6 is 0 Å². The lowest BCUT2D eigenvalue weighted by Gasteiger charge is -2.13. The number of hydrogen-bond donors (Lipinski definition) is 1. The third kappa shape index (κ3) is 2.40. The molecule has 3 rings (SSSR count). The SMILES string of the molecule is CC(C)c1nccn1-c1cccc([C@H]2CCCN2)n1. The lowest BCUT2D eigenvalue weighted by molar-refractivity contribution is 0.624. The van der Waals surface area contributed by atoms with Crippen LogP contribution in [0.2, 0.25) is 0 Å². The molecule has 4 heteroatoms. The van der Waals surface area contributed by atoms with Crippen molar-refractivity contribution in [1.82, 2.24) is 19.9 Å². The Morgan fingerprint density at radius 1 is 1.37 bits per heavy atom. The van der Waals surface area contributed by atoms with Crippen LogP contribution in [0.4, 0.5) is 0 Å². The maximum absolute atomic E-state index is 4.80. The van der Waals surface area contributed by atoms with Crippen LogP contribution in [0.15, 0.2) is 30.6 Å². The molecule has 1 atom stereocenters. The predicted octanol–water partition coefficient (Wildman–Crippen LogP) is 2.82. The fourth-order valence-electron chi connectivity index (χ4n) is 2.64. The molecule has 0 aliphatic carbocycles. The highest BCUT2D eigenvalue weighted by Crippen LogP contribution is 2.23. The lowest BCUT2D eigenvalue weighted by Crippen LogP contribution is -2.15. The summed E-state index contributed by atoms with van der Waals surface area (Å²) in [6.45, 7) is 5.40. The van der Waals surface area contributed by atoms with Crippen LogP contribution in [-0.4, -0.2) is 21.1 Å². The third-order valence-electron chi connectivity index (χ3n) is 3.61. The van der Waals surface area contributed by atoms with E-state index in [1.807, 2.05) is 18.5 Å². The minimum atomic E-state index is 0.394. The predicted molar refractivity (Wildman–Crippen MR) is 75.4 cm³/mol. The highest BCUT2D eigenvalue weighted by molar-refractivity contribution is 5.28. The third-order valence-corrected chi connectivity index (χ3v) is 3.61. The van der Waals surface area contributed by atoms with Gasteiger partial charge in [0.2, 0.25) is 0 Å². The van der Waals surface area contributed by atoms with Gasteiger partial charge in [-0.3, -0.25) is 4.57 Å². The van der Waals surface area contributed by atoms with Gasteiger partial charge in [0.1, 0.15) is 11.6 Å². The van der Waals surface area contributed by atoms with Gasteiger partial charge in [-0.2, -0.15) is 0 Å². The van der Waals surface area contributed by atoms with Crippen molar-refractivity contribution in [3.63, 3.8) is 0 Å². The van der Waals surface area contributed by atoms with E-state index in [-0.39, 0.29) is 0 Å². The van der Waals surface area contributed by atoms with Crippen molar-refractivity contribution < 1.29 is 0 Å². The summed E-state index contributed by atoms with van der Waals surface area (Å²) in [4.78, 5) is 9.23. The van der Waals surface area contributed by atoms with E-state index < -0.39 is 0 Å². The maximum Gasteiger partial charge on any atom is 0.138 e. The molecule has 3 heterocycles. The van der Waals surface area contributed by atoms with Crippen molar-refractivity contribution in [3.05, 3.63) is 42.1 Å². The quantitative estimate of drug-likeness (QED) is 0.918. The zero-order valence-corrected chi connectivity index (χ0v) is 11.5. The lowest BCUT2D eigenvalue weighted by atomic mass is 10.1. The van der Waals surface area contributed by atoms with Crippen LogP contribution in [0.25, 0.3) is 5.82 Å². The topological polar surface area (TPSA) is 42.7 Å². The van der Waals surface area contributed by atoms with Crippen molar-refractivity contribution in [3.8, 4) is 5.82 Å². The number of imidazole rings is 1. The highest BCUT2D eigenvalue weighted by atomic mass is 15.1. The van der Waals surface area contributed by atoms with Gasteiger partial charge in [0.05, 0.1) is 5.69 Å². The van der Waals surface area contributed by atoms with Gasteiger partial charge in [-0.15, -0.1) is 0 Å². The van der Waals surface area contributed by atoms with E-state index in [4.69, 9.17) is 4.98 Å². The first-order chi connectivity index (χ1) is 9.25. The summed E-state index contributed by atoms with van der Waals surface area (Å²) in [5, 5.41) is 3.50. The fraction of sp³-hybridized carbons (Fsp3) is 0.467. The molecule has 1 saturated heterocycles. The Bertz CT molecular complexity index is 553. The number of pyridine rings is 1. The zero-order valence-electron chi connectivity index (χ0n) is 11.5. The molecule has 0 aromatic carbocycles. The Kier molecular flexibility index (Phi) is 3.34. The summed E-state index contributed by atoms with van der Waals surface area (Å²) in [6.07, 6.45) is 6.25. The number of rotatable bonds is 3. The van der Waals surface area contributed by atoms with Gasteiger partial charge < -0.3 is 5.32 Å². The number of aromatic nitrogens is 3. The second kappa shape index (κ2) is 5.13. The van der Waals surface area contributed by atoms with Gasteiger partial charge in [-0.1, -0.05) is 19.9 Å². The molecule has 0 unspecified atom stereocenters. The zero-order chi connectivity index (χ0) is 13.2. The molecule has 2 aromatic heterocycles. The molecule has 0 amide bonds. The van der Waals surface area contributed by atoms with E-state index in [0.29, 0.717) is 12.0 Å². The van der Waals surface area contributed by atoms with Gasteiger partial charge >= 0.3 is 0 Å². The van der Waals surface area contributed by atoms with Crippen molar-refractivity contribution in [2.75, 3.05) is 6.54 Å². The Morgan fingerprint density at radius 3 is 3.00 bits per heavy atom. The second-order valence-corrected chi connectivity index (χ2v) is 5.38. The second-order valence-electron chi connectivity index (χ2n) is 5.38. The van der Waals surface area contributed by atoms with Crippen LogP contribution in [0, 0.1) is 0 Å². The van der Waals surface area contributed by atoms with Crippen LogP contribution in [0.3, 0.4) is 0 Å². The van der Waals surface area contributed by atoms with E-state index in [1.54, 1.807) is 0 Å². The molecule has 100 valence electrons. The molecule has 0 saturated carbocycles. The molecule has 1 aliphatic rings. The number of hydrogen-bond acceptors (Lipinski definition) is 3. The molecule has 0 spiro atoms. The van der Waals surface area contributed by atoms with Crippen LogP contribution < -0.4 is 5.32 Å². The first-order valence-electron chi connectivity index (χ1n) is 6.99. The molecule has 2 aromatic rings. The fourth-order valence-corrected chi connectivity index (χ4v) is 2.64. The van der Waals surface area contributed by atoms with Crippen molar-refractivity contribution in [2.45, 2.75) is 38.6 Å². The standard InChI is InChI=1S/C15H20N4/c1-11(2)15-17-9-10-19(15)14-7-3-5-13(18-14)12-6-4-8-16-12/h3,5,7,9-12,16H,4,6,8H2,1-2H3/t12-/m1/s1. The van der Waals surface area contributed by atoms with Crippen molar-refractivity contribution in [2.24, 2.45) is 0 Å². The maximum atomic E-state index is 4.80. The Morgan fingerprint density at radius 2 is 2.26 bits per heavy atom. The minimum Gasteiger partial charge on any atom is -0.309 e. The molecule has 0 bridgehead atoms. The normalized spacial score (nSPS) is 19.2. The van der Waals surface area contributed by atoms with Gasteiger partial charge in [0.15, 0.2) is 0 Å². The Labute approximate surface area is 113 Å². The van der Waals surface area contributed by atoms with E-state index in [1.165, 1.54) is 12.8 Å². The summed E-state index contributed by atoms with van der Waals surface area (Å²) < 4.78 is 2.09. The van der Waals surface area contributed by atoms with Crippen molar-refractivity contribution >= 4 is 0 Å². The summed E-state index contributed by atoms with van der Waals surface area (Å²) in [7, 11) is 0. The van der Waals surface area contributed by atoms with Gasteiger partial charge in [-0.05, 0) is 31.5 Å². The van der Waals surface area contributed by atoms with E-state index in [0.717, 1.165) is 23.9 Å². The van der Waals surface area contributed by atoms with Crippen LogP contribution in [0.1, 0.15) is 50.2 Å². The minimum absolute atomic E-state index is 0.394. The first kappa shape index (κ1) is 12.4. The summed E-state index contributed by atoms with van der Waals surface area (Å²) >= 11 is 0. The van der Waals surface area contributed by atoms with Crippen LogP contribution in [-0.2, 0) is 0 Å². The largest absolute Gasteiger partial charge is 0.309 e. The van der Waals surface area contributed by atoms with Crippen molar-refractivity contribution in [1.29, 1.82) is 0 Å². The average Bonchev–Trinajstić information content (AvgIpc) is 3.10. The van der Waals surface area contributed by atoms with Gasteiger partial charge in [0.25, 0.3) is 0 Å². The summed E-state index contributed by atoms with van der Waals surface area (Å²) in [6, 6.07) is 6.65. The summed E-state index contributed by atoms with van der Waals surface area (Å²) in [5.41, 5.74) is 1.14. The Balaban J connectivity index is 1.96. The molecule has 1 fully saturated rings. The van der Waals surface area contributed by atoms with Crippen LogP contribution in [0.5, 0.6) is 0 Å². The first-order valence-corrected chi connectivity index (χ1v) is 6.99. The molecule has 1 N–H and O–H groups in total. The monoisotopic (exact) mass is 256 g/mol. The van der Waals surface area contributed by atoms with Gasteiger partial charge in [-0.25, -0.2) is 9.97 Å². The molecular weight excluding hydrogens is 236 g/mol. The number of nitrogens with one attached hydrogen (secondary N) is 1. The number of nitrogens with zero attached hydrogens (tertiary/aromatic N) is 3. The molecule has 19 heavy (non-hydrogen) atoms. The average molecular weight is 256 g/mol. The van der Waals surface area contributed by atoms with E-state index in [9.17, 15) is 0 Å². The van der Waals surface area contributed by atoms with E-state index >= 15 is 0 Å². The summed E-state index contributed by atoms with van der Waals surface area (Å²) in [5.74, 6) is 2.42. The molecule has 1 aliphatic heterocycles. The molecular formula is C15H20N4. The highest BCUT2D eigenvalue weighted by Gasteiger charge is 2.18. The van der Waals surface area contributed by atoms with Gasteiger partial charge in [0, 0.05) is 24.4 Å². The smallest absolute Gasteiger partial charge is 0.138 e. The molecule has 4 nitrogen and oxygen atoms in total. The Hall–Kier alpha value is -1.68.